The van der Waals surface area contributed by atoms with Crippen LogP contribution < -0.4 is 0 Å². The number of fused-ring (bicyclic) bond motifs is 6. The molecular formula is C51H48N2O. The first-order valence-corrected chi connectivity index (χ1v) is 19.9. The van der Waals surface area contributed by atoms with Gasteiger partial charge in [-0.3, -0.25) is 4.57 Å². The fourth-order valence-electron chi connectivity index (χ4n) is 9.84. The van der Waals surface area contributed by atoms with Crippen molar-refractivity contribution in [2.75, 3.05) is 0 Å². The lowest BCUT2D eigenvalue weighted by atomic mass is 9.52. The van der Waals surface area contributed by atoms with E-state index in [1.807, 2.05) is 0 Å². The van der Waals surface area contributed by atoms with Crippen LogP contribution in [-0.4, -0.2) is 9.55 Å². The summed E-state index contributed by atoms with van der Waals surface area (Å²) in [5, 5.41) is 2.22. The maximum atomic E-state index is 6.85. The van der Waals surface area contributed by atoms with Gasteiger partial charge in [0.1, 0.15) is 17.0 Å². The van der Waals surface area contributed by atoms with E-state index in [1.165, 1.54) is 59.2 Å². The van der Waals surface area contributed by atoms with Crippen molar-refractivity contribution < 1.29 is 4.42 Å². The number of hydrogen-bond acceptors (Lipinski definition) is 2. The molecule has 0 atom stereocenters. The van der Waals surface area contributed by atoms with Gasteiger partial charge in [0, 0.05) is 10.8 Å². The standard InChI is InChI=1S/C51H48N2O/c1-31(2)40-27-36(34-20-22-42-43(29-34)51(6)25-23-50(42,5)24-26-51)28-41(32(3)4)47(40)53-45-18-11-10-17-44(45)52-49(53)39-16-12-15-38-37-21-19-35(30-46(37)54-48(38)39)33-13-8-7-9-14-33/h7-22,27-32H,23-26H2,1-6H3. The maximum absolute atomic E-state index is 6.85. The molecule has 54 heavy (non-hydrogen) atoms. The lowest BCUT2D eigenvalue weighted by Gasteiger charge is -2.52. The summed E-state index contributed by atoms with van der Waals surface area (Å²) < 4.78 is 9.29. The van der Waals surface area contributed by atoms with Gasteiger partial charge in [-0.1, -0.05) is 120 Å². The molecule has 1 saturated carbocycles. The van der Waals surface area contributed by atoms with Crippen LogP contribution in [0.3, 0.4) is 0 Å². The van der Waals surface area contributed by atoms with Crippen molar-refractivity contribution in [1.82, 2.24) is 9.55 Å². The third-order valence-corrected chi connectivity index (χ3v) is 13.2. The van der Waals surface area contributed by atoms with Crippen LogP contribution >= 0.6 is 0 Å². The van der Waals surface area contributed by atoms with Gasteiger partial charge in [0.15, 0.2) is 0 Å². The zero-order chi connectivity index (χ0) is 36.9. The quantitative estimate of drug-likeness (QED) is 0.173. The molecule has 3 heteroatoms. The number of nitrogens with zero attached hydrogens (tertiary/aromatic N) is 2. The maximum Gasteiger partial charge on any atom is 0.149 e. The molecule has 0 radical (unpaired) electrons. The first-order valence-electron chi connectivity index (χ1n) is 19.9. The molecule has 3 aliphatic carbocycles. The van der Waals surface area contributed by atoms with E-state index in [0.29, 0.717) is 5.41 Å². The van der Waals surface area contributed by atoms with E-state index in [-0.39, 0.29) is 17.3 Å². The van der Waals surface area contributed by atoms with Gasteiger partial charge in [-0.15, -0.1) is 0 Å². The Hall–Kier alpha value is -5.41. The van der Waals surface area contributed by atoms with E-state index in [4.69, 9.17) is 9.40 Å². The van der Waals surface area contributed by atoms with Crippen LogP contribution in [0.4, 0.5) is 0 Å². The highest BCUT2D eigenvalue weighted by molar-refractivity contribution is 6.10. The molecule has 3 nitrogen and oxygen atoms in total. The summed E-state index contributed by atoms with van der Waals surface area (Å²) in [5.74, 6) is 1.48. The summed E-state index contributed by atoms with van der Waals surface area (Å²) in [6, 6.07) is 44.6. The summed E-state index contributed by atoms with van der Waals surface area (Å²) >= 11 is 0. The molecule has 1 fully saturated rings. The van der Waals surface area contributed by atoms with Crippen molar-refractivity contribution in [3.8, 4) is 39.3 Å². The van der Waals surface area contributed by atoms with Crippen LogP contribution in [0.1, 0.15) is 101 Å². The minimum Gasteiger partial charge on any atom is -0.455 e. The Balaban J connectivity index is 1.20. The Morgan fingerprint density at radius 3 is 1.94 bits per heavy atom. The highest BCUT2D eigenvalue weighted by atomic mass is 16.3. The fourth-order valence-corrected chi connectivity index (χ4v) is 9.84. The van der Waals surface area contributed by atoms with Crippen molar-refractivity contribution in [3.05, 3.63) is 144 Å². The van der Waals surface area contributed by atoms with Gasteiger partial charge in [0.25, 0.3) is 0 Å². The van der Waals surface area contributed by atoms with E-state index in [0.717, 1.165) is 49.9 Å². The molecule has 0 aliphatic heterocycles. The average Bonchev–Trinajstić information content (AvgIpc) is 3.77. The zero-order valence-corrected chi connectivity index (χ0v) is 32.3. The third kappa shape index (κ3) is 4.97. The van der Waals surface area contributed by atoms with Crippen LogP contribution in [0.2, 0.25) is 0 Å². The largest absolute Gasteiger partial charge is 0.455 e. The molecular weight excluding hydrogens is 657 g/mol. The van der Waals surface area contributed by atoms with E-state index < -0.39 is 0 Å². The van der Waals surface area contributed by atoms with Crippen LogP contribution in [0.5, 0.6) is 0 Å². The average molecular weight is 705 g/mol. The predicted molar refractivity (Wildman–Crippen MR) is 226 cm³/mol. The topological polar surface area (TPSA) is 31.0 Å². The lowest BCUT2D eigenvalue weighted by Crippen LogP contribution is -2.44. The molecule has 0 unspecified atom stereocenters. The summed E-state index contributed by atoms with van der Waals surface area (Å²) in [4.78, 5) is 5.41. The normalized spacial score (nSPS) is 19.5. The summed E-state index contributed by atoms with van der Waals surface area (Å²) in [6.07, 6.45) is 5.18. The Kier molecular flexibility index (Phi) is 7.40. The molecule has 8 aromatic rings. The SMILES string of the molecule is CC(C)c1cc(-c2ccc3c(c2)C2(C)CCC3(C)CC2)cc(C(C)C)c1-n1c(-c2cccc3c2oc2cc(-c4ccccc4)ccc23)nc2ccccc21. The van der Waals surface area contributed by atoms with E-state index >= 15 is 0 Å². The van der Waals surface area contributed by atoms with Crippen LogP contribution in [0, 0.1) is 0 Å². The Morgan fingerprint density at radius 2 is 1.22 bits per heavy atom. The minimum absolute atomic E-state index is 0.274. The number of rotatable bonds is 6. The highest BCUT2D eigenvalue weighted by Gasteiger charge is 2.47. The fraction of sp³-hybridized carbons (Fsp3) is 0.275. The summed E-state index contributed by atoms with van der Waals surface area (Å²) in [7, 11) is 0. The minimum atomic E-state index is 0.274. The number of para-hydroxylation sites is 3. The Morgan fingerprint density at radius 1 is 0.574 bits per heavy atom. The van der Waals surface area contributed by atoms with Gasteiger partial charge in [0.05, 0.1) is 22.3 Å². The molecule has 0 N–H and O–H groups in total. The zero-order valence-electron chi connectivity index (χ0n) is 32.3. The molecule has 0 amide bonds. The molecule has 11 rings (SSSR count). The smallest absolute Gasteiger partial charge is 0.149 e. The molecule has 2 bridgehead atoms. The molecule has 6 aromatic carbocycles. The van der Waals surface area contributed by atoms with Crippen LogP contribution in [0.15, 0.2) is 126 Å². The second-order valence-corrected chi connectivity index (χ2v) is 17.3. The highest BCUT2D eigenvalue weighted by Crippen LogP contribution is 2.57. The van der Waals surface area contributed by atoms with Gasteiger partial charge in [-0.05, 0) is 135 Å². The van der Waals surface area contributed by atoms with Gasteiger partial charge >= 0.3 is 0 Å². The van der Waals surface area contributed by atoms with Crippen molar-refractivity contribution >= 4 is 33.0 Å². The third-order valence-electron chi connectivity index (χ3n) is 13.2. The first-order chi connectivity index (χ1) is 26.1. The van der Waals surface area contributed by atoms with Crippen molar-refractivity contribution in [1.29, 1.82) is 0 Å². The summed E-state index contributed by atoms with van der Waals surface area (Å²) in [6.45, 7) is 14.3. The molecule has 2 heterocycles. The van der Waals surface area contributed by atoms with Gasteiger partial charge in [-0.25, -0.2) is 4.98 Å². The Labute approximate surface area is 318 Å². The second-order valence-electron chi connectivity index (χ2n) is 17.3. The van der Waals surface area contributed by atoms with Crippen molar-refractivity contribution in [2.24, 2.45) is 0 Å². The van der Waals surface area contributed by atoms with Gasteiger partial charge in [-0.2, -0.15) is 0 Å². The lowest BCUT2D eigenvalue weighted by molar-refractivity contribution is 0.188. The van der Waals surface area contributed by atoms with Crippen LogP contribution in [0.25, 0.3) is 72.3 Å². The number of hydrogen-bond donors (Lipinski definition) is 0. The van der Waals surface area contributed by atoms with Gasteiger partial charge in [0.2, 0.25) is 0 Å². The van der Waals surface area contributed by atoms with Crippen molar-refractivity contribution in [2.45, 2.75) is 89.9 Å². The monoisotopic (exact) mass is 704 g/mol. The van der Waals surface area contributed by atoms with E-state index in [9.17, 15) is 0 Å². The number of aromatic nitrogens is 2. The second kappa shape index (κ2) is 12.0. The predicted octanol–water partition coefficient (Wildman–Crippen LogP) is 14.3. The number of imidazole rings is 1. The molecule has 0 saturated heterocycles. The molecule has 0 spiro atoms. The van der Waals surface area contributed by atoms with E-state index in [2.05, 4.69) is 167 Å². The Bertz CT molecular complexity index is 2720. The number of furan rings is 1. The first kappa shape index (κ1) is 33.2. The summed E-state index contributed by atoms with van der Waals surface area (Å²) in [5.41, 5.74) is 17.5. The van der Waals surface area contributed by atoms with Gasteiger partial charge < -0.3 is 4.42 Å². The van der Waals surface area contributed by atoms with E-state index in [1.54, 1.807) is 11.1 Å². The molecule has 268 valence electrons. The van der Waals surface area contributed by atoms with Crippen LogP contribution in [-0.2, 0) is 10.8 Å². The molecule has 3 aliphatic rings. The molecule has 2 aromatic heterocycles. The number of benzene rings is 6. The van der Waals surface area contributed by atoms with Crippen molar-refractivity contribution in [3.63, 3.8) is 0 Å².